The van der Waals surface area contributed by atoms with Crippen molar-refractivity contribution in [3.05, 3.63) is 69.8 Å². The van der Waals surface area contributed by atoms with E-state index in [1.807, 2.05) is 43.3 Å². The second kappa shape index (κ2) is 10.3. The molecule has 2 aliphatic rings. The summed E-state index contributed by atoms with van der Waals surface area (Å²) in [4.78, 5) is 28.7. The number of nitrogens with zero attached hydrogens (tertiary/aromatic N) is 1. The lowest BCUT2D eigenvalue weighted by molar-refractivity contribution is -0.141. The lowest BCUT2D eigenvalue weighted by atomic mass is 9.89. The number of aliphatic hydroxyl groups excluding tert-OH is 1. The van der Waals surface area contributed by atoms with Crippen LogP contribution >= 0.6 is 0 Å². The van der Waals surface area contributed by atoms with Gasteiger partial charge in [0, 0.05) is 11.6 Å². The largest absolute Gasteiger partial charge is 0.507 e. The van der Waals surface area contributed by atoms with Gasteiger partial charge in [-0.25, -0.2) is 0 Å². The number of hydrogen-bond donors (Lipinski definition) is 1. The molecule has 1 amide bonds. The number of Topliss-reactive ketones (excluding diaryl/α,β-unsaturated/α-hetero) is 1. The van der Waals surface area contributed by atoms with E-state index in [0.29, 0.717) is 5.56 Å². The Labute approximate surface area is 208 Å². The summed E-state index contributed by atoms with van der Waals surface area (Å²) in [7, 11) is 1.63. The predicted molar refractivity (Wildman–Crippen MR) is 139 cm³/mol. The summed E-state index contributed by atoms with van der Waals surface area (Å²) in [5.41, 5.74) is 4.57. The first kappa shape index (κ1) is 25.0. The number of rotatable bonds is 6. The highest BCUT2D eigenvalue weighted by molar-refractivity contribution is 6.46. The number of carbonyl (C=O) groups excluding carboxylic acids is 2. The molecule has 35 heavy (non-hydrogen) atoms. The molecule has 1 heterocycles. The molecule has 0 bridgehead atoms. The maximum atomic E-state index is 13.5. The molecule has 0 radical (unpaired) electrons. The van der Waals surface area contributed by atoms with Crippen LogP contribution in [0.5, 0.6) is 5.75 Å². The van der Waals surface area contributed by atoms with Gasteiger partial charge in [0.25, 0.3) is 11.7 Å². The summed E-state index contributed by atoms with van der Waals surface area (Å²) < 4.78 is 5.57. The molecule has 5 nitrogen and oxygen atoms in total. The molecule has 5 heteroatoms. The summed E-state index contributed by atoms with van der Waals surface area (Å²) in [5.74, 6) is -0.284. The number of carbonyl (C=O) groups is 2. The van der Waals surface area contributed by atoms with Crippen LogP contribution in [0.2, 0.25) is 0 Å². The maximum absolute atomic E-state index is 13.5. The van der Waals surface area contributed by atoms with Crippen molar-refractivity contribution in [1.82, 2.24) is 4.90 Å². The number of amides is 1. The van der Waals surface area contributed by atoms with Crippen molar-refractivity contribution in [1.29, 1.82) is 0 Å². The fourth-order valence-electron chi connectivity index (χ4n) is 5.58. The molecule has 2 aromatic carbocycles. The summed E-state index contributed by atoms with van der Waals surface area (Å²) in [5, 5.41) is 11.6. The molecular weight excluding hydrogens is 438 g/mol. The average Bonchev–Trinajstić information content (AvgIpc) is 3.14. The van der Waals surface area contributed by atoms with Gasteiger partial charge in [-0.1, -0.05) is 64.3 Å². The third-order valence-electron chi connectivity index (χ3n) is 7.61. The van der Waals surface area contributed by atoms with Crippen LogP contribution in [-0.2, 0) is 16.0 Å². The molecule has 1 N–H and O–H groups in total. The molecule has 1 aliphatic carbocycles. The van der Waals surface area contributed by atoms with E-state index in [1.54, 1.807) is 12.0 Å². The molecule has 1 aliphatic heterocycles. The minimum atomic E-state index is -0.598. The minimum Gasteiger partial charge on any atom is -0.507 e. The Morgan fingerprint density at radius 3 is 2.31 bits per heavy atom. The van der Waals surface area contributed by atoms with Gasteiger partial charge in [-0.15, -0.1) is 0 Å². The van der Waals surface area contributed by atoms with Crippen LogP contribution in [0.15, 0.2) is 42.0 Å². The zero-order valence-corrected chi connectivity index (χ0v) is 21.6. The summed E-state index contributed by atoms with van der Waals surface area (Å²) in [6, 6.07) is 11.3. The lowest BCUT2D eigenvalue weighted by Crippen LogP contribution is -2.40. The molecule has 1 saturated carbocycles. The van der Waals surface area contributed by atoms with Crippen LogP contribution in [0, 0.1) is 6.92 Å². The number of methoxy groups -OCH3 is 1. The molecule has 2 fully saturated rings. The number of benzene rings is 2. The summed E-state index contributed by atoms with van der Waals surface area (Å²) >= 11 is 0. The fraction of sp³-hybridized carbons (Fsp3) is 0.467. The molecular formula is C30H37NO4. The molecule has 1 atom stereocenters. The van der Waals surface area contributed by atoms with E-state index in [0.717, 1.165) is 61.0 Å². The third-order valence-corrected chi connectivity index (χ3v) is 7.61. The van der Waals surface area contributed by atoms with Crippen LogP contribution in [0.25, 0.3) is 5.76 Å². The van der Waals surface area contributed by atoms with Crippen molar-refractivity contribution < 1.29 is 19.4 Å². The Kier molecular flexibility index (Phi) is 7.34. The van der Waals surface area contributed by atoms with Crippen molar-refractivity contribution in [3.63, 3.8) is 0 Å². The molecule has 1 saturated heterocycles. The fourth-order valence-corrected chi connectivity index (χ4v) is 5.58. The Bertz CT molecular complexity index is 1140. The molecule has 0 spiro atoms. The first-order valence-corrected chi connectivity index (χ1v) is 12.9. The second-order valence-corrected chi connectivity index (χ2v) is 10.2. The predicted octanol–water partition coefficient (Wildman–Crippen LogP) is 6.44. The minimum absolute atomic E-state index is 0.00420. The molecule has 2 aromatic rings. The quantitative estimate of drug-likeness (QED) is 0.296. The molecule has 186 valence electrons. The average molecular weight is 476 g/mol. The Hall–Kier alpha value is -3.08. The Morgan fingerprint density at radius 1 is 1.09 bits per heavy atom. The smallest absolute Gasteiger partial charge is 0.295 e. The van der Waals surface area contributed by atoms with Gasteiger partial charge in [-0.05, 0) is 66.5 Å². The van der Waals surface area contributed by atoms with Crippen molar-refractivity contribution in [2.45, 2.75) is 84.2 Å². The standard InChI is InChI=1S/C30H37NO4/c1-6-20-12-14-21(15-13-20)27-26(29(33)30(34)31(27)22-10-8-7-9-11-22)28(32)24-17-23(18(2)3)25(35-5)16-19(24)4/h12-18,22,27,32H,6-11H2,1-5H3/b28-26+. The van der Waals surface area contributed by atoms with Gasteiger partial charge in [0.2, 0.25) is 0 Å². The van der Waals surface area contributed by atoms with Gasteiger partial charge in [0.15, 0.2) is 0 Å². The van der Waals surface area contributed by atoms with Gasteiger partial charge in [-0.2, -0.15) is 0 Å². The number of likely N-dealkylation sites (tertiary alicyclic amines) is 1. The van der Waals surface area contributed by atoms with Gasteiger partial charge in [0.05, 0.1) is 18.7 Å². The topological polar surface area (TPSA) is 66.8 Å². The van der Waals surface area contributed by atoms with Crippen LogP contribution in [0.3, 0.4) is 0 Å². The highest BCUT2D eigenvalue weighted by Gasteiger charge is 2.49. The number of ketones is 1. The SMILES string of the molecule is CCc1ccc(C2/C(=C(\O)c3cc(C(C)C)c(OC)cc3C)C(=O)C(=O)N2C2CCCCC2)cc1. The number of hydrogen-bond acceptors (Lipinski definition) is 4. The van der Waals surface area contributed by atoms with Gasteiger partial charge in [-0.3, -0.25) is 9.59 Å². The van der Waals surface area contributed by atoms with E-state index in [2.05, 4.69) is 20.8 Å². The monoisotopic (exact) mass is 475 g/mol. The van der Waals surface area contributed by atoms with Gasteiger partial charge in [0.1, 0.15) is 11.5 Å². The molecule has 1 unspecified atom stereocenters. The molecule has 4 rings (SSSR count). The maximum Gasteiger partial charge on any atom is 0.295 e. The first-order chi connectivity index (χ1) is 16.8. The Morgan fingerprint density at radius 2 is 1.74 bits per heavy atom. The van der Waals surface area contributed by atoms with Crippen LogP contribution in [-0.4, -0.2) is 34.8 Å². The summed E-state index contributed by atoms with van der Waals surface area (Å²) in [6.07, 6.45) is 5.92. The summed E-state index contributed by atoms with van der Waals surface area (Å²) in [6.45, 7) is 8.12. The Balaban J connectivity index is 1.91. The number of aliphatic hydroxyl groups is 1. The zero-order chi connectivity index (χ0) is 25.3. The third kappa shape index (κ3) is 4.61. The van der Waals surface area contributed by atoms with E-state index in [-0.39, 0.29) is 23.3 Å². The zero-order valence-electron chi connectivity index (χ0n) is 21.6. The van der Waals surface area contributed by atoms with Crippen LogP contribution in [0.4, 0.5) is 0 Å². The van der Waals surface area contributed by atoms with Crippen molar-refractivity contribution in [3.8, 4) is 5.75 Å². The van der Waals surface area contributed by atoms with E-state index in [9.17, 15) is 14.7 Å². The van der Waals surface area contributed by atoms with E-state index < -0.39 is 17.7 Å². The lowest BCUT2D eigenvalue weighted by Gasteiger charge is -2.35. The highest BCUT2D eigenvalue weighted by atomic mass is 16.5. The van der Waals surface area contributed by atoms with Crippen molar-refractivity contribution in [2.24, 2.45) is 0 Å². The molecule has 0 aromatic heterocycles. The van der Waals surface area contributed by atoms with Crippen molar-refractivity contribution in [2.75, 3.05) is 7.11 Å². The second-order valence-electron chi connectivity index (χ2n) is 10.2. The van der Waals surface area contributed by atoms with E-state index in [1.165, 1.54) is 5.56 Å². The normalized spacial score (nSPS) is 20.6. The van der Waals surface area contributed by atoms with Crippen LogP contribution in [0.1, 0.15) is 92.7 Å². The number of ether oxygens (including phenoxy) is 1. The van der Waals surface area contributed by atoms with Gasteiger partial charge >= 0.3 is 0 Å². The van der Waals surface area contributed by atoms with E-state index in [4.69, 9.17) is 4.74 Å². The van der Waals surface area contributed by atoms with Crippen molar-refractivity contribution >= 4 is 17.4 Å². The highest BCUT2D eigenvalue weighted by Crippen LogP contribution is 2.44. The van der Waals surface area contributed by atoms with E-state index >= 15 is 0 Å². The first-order valence-electron chi connectivity index (χ1n) is 12.9. The number of aryl methyl sites for hydroxylation is 2. The van der Waals surface area contributed by atoms with Gasteiger partial charge < -0.3 is 14.7 Å². The van der Waals surface area contributed by atoms with Crippen LogP contribution < -0.4 is 4.74 Å².